The largest absolute Gasteiger partial charge is 0.353 e. The number of hydrogen-bond acceptors (Lipinski definition) is 2. The first-order chi connectivity index (χ1) is 8.84. The minimum atomic E-state index is 0.214. The predicted octanol–water partition coefficient (Wildman–Crippen LogP) is 3.08. The van der Waals surface area contributed by atoms with Gasteiger partial charge in [-0.25, -0.2) is 0 Å². The van der Waals surface area contributed by atoms with Crippen molar-refractivity contribution >= 4 is 5.91 Å². The Bertz CT molecular complexity index is 279. The highest BCUT2D eigenvalue weighted by molar-refractivity contribution is 5.76. The van der Waals surface area contributed by atoms with E-state index in [4.69, 9.17) is 5.73 Å². The topological polar surface area (TPSA) is 55.1 Å². The highest BCUT2D eigenvalue weighted by atomic mass is 16.1. The van der Waals surface area contributed by atoms with Gasteiger partial charge in [-0.2, -0.15) is 0 Å². The first-order valence-corrected chi connectivity index (χ1v) is 7.84. The lowest BCUT2D eigenvalue weighted by molar-refractivity contribution is -0.122. The lowest BCUT2D eigenvalue weighted by atomic mass is 9.76. The molecule has 3 nitrogen and oxygen atoms in total. The minimum absolute atomic E-state index is 0.214. The van der Waals surface area contributed by atoms with Gasteiger partial charge >= 0.3 is 0 Å². The molecule has 0 aromatic carbocycles. The molecule has 3 N–H and O–H groups in total. The maximum atomic E-state index is 12.0. The van der Waals surface area contributed by atoms with E-state index in [2.05, 4.69) is 33.0 Å². The molecule has 0 saturated heterocycles. The van der Waals surface area contributed by atoms with Gasteiger partial charge in [0.2, 0.25) is 5.91 Å². The molecule has 2 atom stereocenters. The number of carbonyl (C=O) groups excluding carboxylic acids is 1. The van der Waals surface area contributed by atoms with Crippen LogP contribution in [0.2, 0.25) is 0 Å². The number of carbonyl (C=O) groups is 1. The Morgan fingerprint density at radius 3 is 2.37 bits per heavy atom. The Morgan fingerprint density at radius 2 is 1.95 bits per heavy atom. The third-order valence-electron chi connectivity index (χ3n) is 4.71. The van der Waals surface area contributed by atoms with Crippen LogP contribution >= 0.6 is 0 Å². The molecule has 1 fully saturated rings. The van der Waals surface area contributed by atoms with E-state index in [1.165, 1.54) is 19.3 Å². The van der Waals surface area contributed by atoms with Gasteiger partial charge in [0, 0.05) is 12.5 Å². The second-order valence-electron chi connectivity index (χ2n) is 7.23. The number of nitrogens with two attached hydrogens (primary N) is 1. The lowest BCUT2D eigenvalue weighted by Crippen LogP contribution is -2.41. The fourth-order valence-electron chi connectivity index (χ4n) is 2.90. The summed E-state index contributed by atoms with van der Waals surface area (Å²) in [5.41, 5.74) is 5.91. The van der Waals surface area contributed by atoms with Crippen LogP contribution in [0.4, 0.5) is 0 Å². The van der Waals surface area contributed by atoms with Gasteiger partial charge in [0.25, 0.3) is 0 Å². The summed E-state index contributed by atoms with van der Waals surface area (Å²) in [6, 6.07) is 0.351. The van der Waals surface area contributed by atoms with Gasteiger partial charge in [-0.05, 0) is 56.4 Å². The molecule has 0 aromatic heterocycles. The summed E-state index contributed by atoms with van der Waals surface area (Å²) >= 11 is 0. The molecule has 0 aromatic rings. The van der Waals surface area contributed by atoms with Gasteiger partial charge in [-0.3, -0.25) is 4.79 Å². The van der Waals surface area contributed by atoms with Crippen LogP contribution in [-0.4, -0.2) is 18.5 Å². The van der Waals surface area contributed by atoms with E-state index in [0.717, 1.165) is 12.8 Å². The Kier molecular flexibility index (Phi) is 6.31. The summed E-state index contributed by atoms with van der Waals surface area (Å²) in [5, 5.41) is 3.16. The molecule has 1 saturated carbocycles. The normalized spacial score (nSPS) is 19.6. The van der Waals surface area contributed by atoms with Crippen molar-refractivity contribution in [3.8, 4) is 0 Å². The predicted molar refractivity (Wildman–Crippen MR) is 80.8 cm³/mol. The van der Waals surface area contributed by atoms with E-state index in [-0.39, 0.29) is 11.3 Å². The summed E-state index contributed by atoms with van der Waals surface area (Å²) in [6.07, 6.45) is 6.48. The van der Waals surface area contributed by atoms with Crippen LogP contribution in [0, 0.1) is 17.3 Å². The fraction of sp³-hybridized carbons (Fsp3) is 0.938. The van der Waals surface area contributed by atoms with E-state index in [0.29, 0.717) is 30.8 Å². The molecule has 3 heteroatoms. The number of rotatable bonds is 7. The summed E-state index contributed by atoms with van der Waals surface area (Å²) in [7, 11) is 0. The zero-order chi connectivity index (χ0) is 14.5. The highest BCUT2D eigenvalue weighted by Crippen LogP contribution is 2.32. The maximum absolute atomic E-state index is 12.0. The first-order valence-electron chi connectivity index (χ1n) is 7.84. The van der Waals surface area contributed by atoms with Crippen molar-refractivity contribution in [2.75, 3.05) is 6.54 Å². The first kappa shape index (κ1) is 16.5. The molecular formula is C16H32N2O. The van der Waals surface area contributed by atoms with Gasteiger partial charge in [0.05, 0.1) is 0 Å². The van der Waals surface area contributed by atoms with Crippen LogP contribution in [0.15, 0.2) is 0 Å². The van der Waals surface area contributed by atoms with Gasteiger partial charge in [0.1, 0.15) is 0 Å². The van der Waals surface area contributed by atoms with Crippen molar-refractivity contribution in [3.05, 3.63) is 0 Å². The van der Waals surface area contributed by atoms with E-state index in [1.54, 1.807) is 0 Å². The number of nitrogens with one attached hydrogen (secondary N) is 1. The third kappa shape index (κ3) is 5.52. The summed E-state index contributed by atoms with van der Waals surface area (Å²) in [6.45, 7) is 9.57. The van der Waals surface area contributed by atoms with E-state index in [1.807, 2.05) is 0 Å². The lowest BCUT2D eigenvalue weighted by Gasteiger charge is -2.33. The molecule has 0 spiro atoms. The van der Waals surface area contributed by atoms with Crippen molar-refractivity contribution < 1.29 is 4.79 Å². The molecule has 0 aliphatic heterocycles. The maximum Gasteiger partial charge on any atom is 0.220 e. The van der Waals surface area contributed by atoms with Crippen molar-refractivity contribution in [2.45, 2.75) is 72.3 Å². The van der Waals surface area contributed by atoms with Gasteiger partial charge in [0.15, 0.2) is 0 Å². The average Bonchev–Trinajstić information content (AvgIpc) is 2.19. The van der Waals surface area contributed by atoms with Crippen molar-refractivity contribution in [3.63, 3.8) is 0 Å². The molecule has 0 radical (unpaired) electrons. The standard InChI is InChI=1S/C16H32N2O/c1-12(13-6-5-7-13)18-15(19)9-8-14(10-11-17)16(2,3)4/h12-14H,5-11,17H2,1-4H3,(H,18,19). The molecule has 0 heterocycles. The zero-order valence-corrected chi connectivity index (χ0v) is 13.2. The summed E-state index contributed by atoms with van der Waals surface area (Å²) < 4.78 is 0. The monoisotopic (exact) mass is 268 g/mol. The van der Waals surface area contributed by atoms with Crippen LogP contribution in [0.5, 0.6) is 0 Å². The number of hydrogen-bond donors (Lipinski definition) is 2. The summed E-state index contributed by atoms with van der Waals surface area (Å²) in [5.74, 6) is 1.46. The van der Waals surface area contributed by atoms with Crippen LogP contribution in [-0.2, 0) is 4.79 Å². The molecule has 0 bridgehead atoms. The van der Waals surface area contributed by atoms with Crippen LogP contribution in [0.25, 0.3) is 0 Å². The van der Waals surface area contributed by atoms with Crippen molar-refractivity contribution in [1.29, 1.82) is 0 Å². The Labute approximate surface area is 118 Å². The smallest absolute Gasteiger partial charge is 0.220 e. The second-order valence-corrected chi connectivity index (χ2v) is 7.23. The van der Waals surface area contributed by atoms with E-state index in [9.17, 15) is 4.79 Å². The fourth-order valence-corrected chi connectivity index (χ4v) is 2.90. The van der Waals surface area contributed by atoms with Crippen LogP contribution in [0.1, 0.15) is 66.2 Å². The molecule has 112 valence electrons. The van der Waals surface area contributed by atoms with Gasteiger partial charge in [-0.15, -0.1) is 0 Å². The Morgan fingerprint density at radius 1 is 1.32 bits per heavy atom. The molecule has 2 unspecified atom stereocenters. The average molecular weight is 268 g/mol. The molecule has 1 aliphatic rings. The quantitative estimate of drug-likeness (QED) is 0.745. The highest BCUT2D eigenvalue weighted by Gasteiger charge is 2.27. The SMILES string of the molecule is CC(NC(=O)CCC(CCN)C(C)(C)C)C1CCC1. The van der Waals surface area contributed by atoms with Crippen molar-refractivity contribution in [1.82, 2.24) is 5.32 Å². The van der Waals surface area contributed by atoms with E-state index >= 15 is 0 Å². The van der Waals surface area contributed by atoms with Crippen molar-refractivity contribution in [2.24, 2.45) is 23.0 Å². The molecule has 19 heavy (non-hydrogen) atoms. The Hall–Kier alpha value is -0.570. The summed E-state index contributed by atoms with van der Waals surface area (Å²) in [4.78, 5) is 12.0. The molecular weight excluding hydrogens is 236 g/mol. The molecule has 1 amide bonds. The minimum Gasteiger partial charge on any atom is -0.353 e. The third-order valence-corrected chi connectivity index (χ3v) is 4.71. The second kappa shape index (κ2) is 7.28. The Balaban J connectivity index is 2.30. The zero-order valence-electron chi connectivity index (χ0n) is 13.2. The van der Waals surface area contributed by atoms with Crippen LogP contribution < -0.4 is 11.1 Å². The van der Waals surface area contributed by atoms with Crippen LogP contribution in [0.3, 0.4) is 0 Å². The van der Waals surface area contributed by atoms with Gasteiger partial charge < -0.3 is 11.1 Å². The van der Waals surface area contributed by atoms with Gasteiger partial charge in [-0.1, -0.05) is 27.2 Å². The van der Waals surface area contributed by atoms with E-state index < -0.39 is 0 Å². The molecule has 1 aliphatic carbocycles. The molecule has 1 rings (SSSR count). The number of amides is 1.